The van der Waals surface area contributed by atoms with E-state index < -0.39 is 0 Å². The molecule has 0 aromatic carbocycles. The molecule has 0 rings (SSSR count). The van der Waals surface area contributed by atoms with Gasteiger partial charge in [0.15, 0.2) is 0 Å². The standard InChI is InChI=1S/C15H30O/c1-3-5-7-9-12-15(13-10-14-16)11-8-6-4-2/h10,13,15-16H,3-9,11-12,14H2,1-2H3/b13-10+. The molecule has 0 aliphatic heterocycles. The molecule has 0 saturated heterocycles. The fraction of sp³-hybridized carbons (Fsp3) is 0.867. The lowest BCUT2D eigenvalue weighted by Gasteiger charge is -2.12. The van der Waals surface area contributed by atoms with Gasteiger partial charge in [-0.05, 0) is 18.8 Å². The van der Waals surface area contributed by atoms with Crippen molar-refractivity contribution in [1.82, 2.24) is 0 Å². The van der Waals surface area contributed by atoms with E-state index in [0.29, 0.717) is 5.92 Å². The monoisotopic (exact) mass is 226 g/mol. The summed E-state index contributed by atoms with van der Waals surface area (Å²) in [5.74, 6) is 0.704. The first kappa shape index (κ1) is 15.7. The number of rotatable bonds is 11. The van der Waals surface area contributed by atoms with Crippen molar-refractivity contribution in [2.24, 2.45) is 5.92 Å². The van der Waals surface area contributed by atoms with Gasteiger partial charge in [-0.1, -0.05) is 70.9 Å². The highest BCUT2D eigenvalue weighted by atomic mass is 16.2. The van der Waals surface area contributed by atoms with Crippen molar-refractivity contribution in [3.63, 3.8) is 0 Å². The third-order valence-electron chi connectivity index (χ3n) is 3.12. The topological polar surface area (TPSA) is 20.2 Å². The molecule has 0 amide bonds. The van der Waals surface area contributed by atoms with E-state index in [1.54, 1.807) is 0 Å². The second-order valence-electron chi connectivity index (χ2n) is 4.72. The Morgan fingerprint density at radius 2 is 1.44 bits per heavy atom. The van der Waals surface area contributed by atoms with Gasteiger partial charge in [-0.3, -0.25) is 0 Å². The molecule has 0 heterocycles. The predicted octanol–water partition coefficient (Wildman–Crippen LogP) is 4.70. The quantitative estimate of drug-likeness (QED) is 0.400. The van der Waals surface area contributed by atoms with Gasteiger partial charge in [0.1, 0.15) is 0 Å². The number of hydrogen-bond donors (Lipinski definition) is 1. The van der Waals surface area contributed by atoms with Crippen molar-refractivity contribution in [2.45, 2.75) is 71.6 Å². The van der Waals surface area contributed by atoms with Gasteiger partial charge >= 0.3 is 0 Å². The SMILES string of the molecule is CCCCCCC(/C=C/CO)CCCCC. The van der Waals surface area contributed by atoms with Crippen molar-refractivity contribution in [1.29, 1.82) is 0 Å². The second-order valence-corrected chi connectivity index (χ2v) is 4.72. The lowest BCUT2D eigenvalue weighted by Crippen LogP contribution is -1.97. The lowest BCUT2D eigenvalue weighted by molar-refractivity contribution is 0.341. The van der Waals surface area contributed by atoms with E-state index in [0.717, 1.165) is 0 Å². The zero-order valence-corrected chi connectivity index (χ0v) is 11.3. The van der Waals surface area contributed by atoms with Crippen LogP contribution in [-0.2, 0) is 0 Å². The van der Waals surface area contributed by atoms with E-state index in [9.17, 15) is 0 Å². The Hall–Kier alpha value is -0.300. The molecule has 0 radical (unpaired) electrons. The molecule has 16 heavy (non-hydrogen) atoms. The van der Waals surface area contributed by atoms with Crippen LogP contribution in [0.5, 0.6) is 0 Å². The minimum absolute atomic E-state index is 0.194. The van der Waals surface area contributed by atoms with Gasteiger partial charge in [0, 0.05) is 0 Å². The second kappa shape index (κ2) is 12.8. The summed E-state index contributed by atoms with van der Waals surface area (Å²) >= 11 is 0. The summed E-state index contributed by atoms with van der Waals surface area (Å²) in [7, 11) is 0. The molecule has 0 spiro atoms. The third kappa shape index (κ3) is 10.2. The Kier molecular flexibility index (Phi) is 12.5. The molecule has 0 saturated carbocycles. The molecule has 0 aliphatic rings. The summed E-state index contributed by atoms with van der Waals surface area (Å²) in [4.78, 5) is 0. The van der Waals surface area contributed by atoms with Crippen LogP contribution in [0, 0.1) is 5.92 Å². The first-order chi connectivity index (χ1) is 7.85. The van der Waals surface area contributed by atoms with Crippen molar-refractivity contribution in [3.8, 4) is 0 Å². The first-order valence-corrected chi connectivity index (χ1v) is 7.12. The largest absolute Gasteiger partial charge is 0.392 e. The summed E-state index contributed by atoms with van der Waals surface area (Å²) in [6.45, 7) is 4.70. The van der Waals surface area contributed by atoms with E-state index in [1.807, 2.05) is 6.08 Å². The lowest BCUT2D eigenvalue weighted by atomic mass is 9.94. The van der Waals surface area contributed by atoms with E-state index in [1.165, 1.54) is 57.8 Å². The van der Waals surface area contributed by atoms with Gasteiger partial charge < -0.3 is 5.11 Å². The maximum absolute atomic E-state index is 8.81. The van der Waals surface area contributed by atoms with Crippen molar-refractivity contribution < 1.29 is 5.11 Å². The molecule has 1 heteroatoms. The first-order valence-electron chi connectivity index (χ1n) is 7.12. The maximum atomic E-state index is 8.81. The summed E-state index contributed by atoms with van der Waals surface area (Å²) in [6, 6.07) is 0. The highest BCUT2D eigenvalue weighted by Gasteiger charge is 2.03. The number of aliphatic hydroxyl groups is 1. The summed E-state index contributed by atoms with van der Waals surface area (Å²) in [5, 5.41) is 8.81. The number of aliphatic hydroxyl groups excluding tert-OH is 1. The smallest absolute Gasteiger partial charge is 0.0612 e. The zero-order valence-electron chi connectivity index (χ0n) is 11.3. The molecule has 0 bridgehead atoms. The van der Waals surface area contributed by atoms with Crippen molar-refractivity contribution in [2.75, 3.05) is 6.61 Å². The summed E-state index contributed by atoms with van der Waals surface area (Å²) in [5.41, 5.74) is 0. The number of unbranched alkanes of at least 4 members (excludes halogenated alkanes) is 5. The van der Waals surface area contributed by atoms with E-state index in [-0.39, 0.29) is 6.61 Å². The van der Waals surface area contributed by atoms with Crippen LogP contribution >= 0.6 is 0 Å². The Labute approximate surface area is 102 Å². The minimum atomic E-state index is 0.194. The van der Waals surface area contributed by atoms with Crippen LogP contribution in [0.25, 0.3) is 0 Å². The van der Waals surface area contributed by atoms with Crippen LogP contribution in [0.1, 0.15) is 71.6 Å². The van der Waals surface area contributed by atoms with Crippen LogP contribution < -0.4 is 0 Å². The zero-order chi connectivity index (χ0) is 12.1. The third-order valence-corrected chi connectivity index (χ3v) is 3.12. The van der Waals surface area contributed by atoms with Crippen molar-refractivity contribution >= 4 is 0 Å². The molecule has 1 N–H and O–H groups in total. The Balaban J connectivity index is 3.67. The fourth-order valence-electron chi connectivity index (χ4n) is 2.08. The van der Waals surface area contributed by atoms with Gasteiger partial charge in [-0.2, -0.15) is 0 Å². The van der Waals surface area contributed by atoms with Gasteiger partial charge in [0.25, 0.3) is 0 Å². The maximum Gasteiger partial charge on any atom is 0.0612 e. The van der Waals surface area contributed by atoms with Crippen LogP contribution in [0.15, 0.2) is 12.2 Å². The Morgan fingerprint density at radius 3 is 2.00 bits per heavy atom. The van der Waals surface area contributed by atoms with Crippen molar-refractivity contribution in [3.05, 3.63) is 12.2 Å². The Morgan fingerprint density at radius 1 is 0.875 bits per heavy atom. The number of hydrogen-bond acceptors (Lipinski definition) is 1. The normalized spacial score (nSPS) is 13.4. The molecular weight excluding hydrogens is 196 g/mol. The molecule has 1 atom stereocenters. The molecule has 0 aromatic heterocycles. The minimum Gasteiger partial charge on any atom is -0.392 e. The molecule has 0 aromatic rings. The summed E-state index contributed by atoms with van der Waals surface area (Å²) in [6.07, 6.45) is 16.1. The summed E-state index contributed by atoms with van der Waals surface area (Å²) < 4.78 is 0. The van der Waals surface area contributed by atoms with Crippen LogP contribution in [0.3, 0.4) is 0 Å². The van der Waals surface area contributed by atoms with Gasteiger partial charge in [-0.15, -0.1) is 0 Å². The molecule has 0 fully saturated rings. The highest BCUT2D eigenvalue weighted by Crippen LogP contribution is 2.19. The molecule has 1 unspecified atom stereocenters. The van der Waals surface area contributed by atoms with Crippen LogP contribution in [0.2, 0.25) is 0 Å². The van der Waals surface area contributed by atoms with Crippen LogP contribution in [-0.4, -0.2) is 11.7 Å². The number of allylic oxidation sites excluding steroid dienone is 1. The van der Waals surface area contributed by atoms with E-state index in [4.69, 9.17) is 5.11 Å². The van der Waals surface area contributed by atoms with E-state index >= 15 is 0 Å². The molecular formula is C15H30O. The highest BCUT2D eigenvalue weighted by molar-refractivity contribution is 4.87. The van der Waals surface area contributed by atoms with Gasteiger partial charge in [0.05, 0.1) is 6.61 Å². The molecule has 0 aliphatic carbocycles. The van der Waals surface area contributed by atoms with Gasteiger partial charge in [-0.25, -0.2) is 0 Å². The Bertz CT molecular complexity index is 152. The average molecular weight is 226 g/mol. The average Bonchev–Trinajstić information content (AvgIpc) is 2.31. The predicted molar refractivity (Wildman–Crippen MR) is 72.6 cm³/mol. The fourth-order valence-corrected chi connectivity index (χ4v) is 2.08. The molecule has 96 valence electrons. The van der Waals surface area contributed by atoms with Gasteiger partial charge in [0.2, 0.25) is 0 Å². The molecule has 1 nitrogen and oxygen atoms in total. The van der Waals surface area contributed by atoms with Crippen LogP contribution in [0.4, 0.5) is 0 Å². The van der Waals surface area contributed by atoms with E-state index in [2.05, 4.69) is 19.9 Å².